The van der Waals surface area contributed by atoms with E-state index in [-0.39, 0.29) is 16.8 Å². The molecular formula is C30H28F3N5O. The van der Waals surface area contributed by atoms with E-state index in [1.54, 1.807) is 18.2 Å². The first-order valence-corrected chi connectivity index (χ1v) is 12.8. The lowest BCUT2D eigenvalue weighted by atomic mass is 9.95. The first-order valence-electron chi connectivity index (χ1n) is 12.8. The molecule has 1 amide bonds. The number of halogens is 3. The minimum atomic E-state index is -4.51. The zero-order valence-electron chi connectivity index (χ0n) is 21.7. The number of aromatic nitrogens is 3. The largest absolute Gasteiger partial charge is 0.416 e. The van der Waals surface area contributed by atoms with Gasteiger partial charge in [-0.3, -0.25) is 4.79 Å². The van der Waals surface area contributed by atoms with Crippen molar-refractivity contribution in [2.45, 2.75) is 58.2 Å². The summed E-state index contributed by atoms with van der Waals surface area (Å²) in [5, 5.41) is 3.28. The van der Waals surface area contributed by atoms with Crippen molar-refractivity contribution in [3.63, 3.8) is 0 Å². The molecule has 1 saturated carbocycles. The molecule has 5 rings (SSSR count). The van der Waals surface area contributed by atoms with Crippen molar-refractivity contribution >= 4 is 28.4 Å². The van der Waals surface area contributed by atoms with Crippen molar-refractivity contribution in [3.05, 3.63) is 82.3 Å². The van der Waals surface area contributed by atoms with Gasteiger partial charge in [0.1, 0.15) is 17.8 Å². The number of nitrogens with zero attached hydrogens (tertiary/aromatic N) is 3. The van der Waals surface area contributed by atoms with Gasteiger partial charge in [-0.1, -0.05) is 43.2 Å². The second kappa shape index (κ2) is 10.4. The molecule has 0 bridgehead atoms. The standard InChI is InChI=1S/C30H28F3N5O/c1-18-8-10-21(29(39)37-23-13-9-19(2)25(15-23)30(31,32)33)14-20(18)11-12-22-16-38(24-6-4-3-5-7-24)28-26(22)27(34)35-17-36-28/h8-10,13-17,24H,3-7H2,1-2H3,(H,37,39)(H2,34,35,36). The van der Waals surface area contributed by atoms with E-state index in [0.29, 0.717) is 28.4 Å². The van der Waals surface area contributed by atoms with Crippen LogP contribution in [-0.2, 0) is 6.18 Å². The van der Waals surface area contributed by atoms with Crippen LogP contribution in [0.1, 0.15) is 76.3 Å². The van der Waals surface area contributed by atoms with Crippen molar-refractivity contribution < 1.29 is 18.0 Å². The number of carbonyl (C=O) groups is 1. The highest BCUT2D eigenvalue weighted by atomic mass is 19.4. The van der Waals surface area contributed by atoms with Gasteiger partial charge in [-0.25, -0.2) is 9.97 Å². The number of nitrogens with two attached hydrogens (primary N) is 1. The summed E-state index contributed by atoms with van der Waals surface area (Å²) in [5.74, 6) is 6.20. The van der Waals surface area contributed by atoms with Gasteiger partial charge in [0.25, 0.3) is 5.91 Å². The average Bonchev–Trinajstić information content (AvgIpc) is 3.29. The summed E-state index contributed by atoms with van der Waals surface area (Å²) in [4.78, 5) is 21.6. The molecule has 2 aromatic heterocycles. The summed E-state index contributed by atoms with van der Waals surface area (Å²) in [6.07, 6.45) is 4.65. The summed E-state index contributed by atoms with van der Waals surface area (Å²) in [7, 11) is 0. The monoisotopic (exact) mass is 531 g/mol. The van der Waals surface area contributed by atoms with E-state index in [2.05, 4.69) is 31.7 Å². The maximum atomic E-state index is 13.3. The fourth-order valence-electron chi connectivity index (χ4n) is 5.08. The van der Waals surface area contributed by atoms with Crippen molar-refractivity contribution in [2.24, 2.45) is 0 Å². The van der Waals surface area contributed by atoms with Crippen LogP contribution in [0, 0.1) is 25.7 Å². The minimum Gasteiger partial charge on any atom is -0.383 e. The molecule has 39 heavy (non-hydrogen) atoms. The number of rotatable bonds is 3. The van der Waals surface area contributed by atoms with Gasteiger partial charge in [-0.2, -0.15) is 13.2 Å². The van der Waals surface area contributed by atoms with E-state index in [4.69, 9.17) is 5.73 Å². The maximum absolute atomic E-state index is 13.3. The Kier molecular flexibility index (Phi) is 7.04. The van der Waals surface area contributed by atoms with E-state index < -0.39 is 17.6 Å². The van der Waals surface area contributed by atoms with Crippen LogP contribution in [-0.4, -0.2) is 20.4 Å². The SMILES string of the molecule is Cc1ccc(C(=O)Nc2ccc(C)c(C(F)(F)F)c2)cc1C#Cc1cn(C2CCCCC2)c2ncnc(N)c12. The summed E-state index contributed by atoms with van der Waals surface area (Å²) in [6.45, 7) is 3.26. The van der Waals surface area contributed by atoms with Gasteiger partial charge >= 0.3 is 6.18 Å². The first-order chi connectivity index (χ1) is 18.6. The second-order valence-corrected chi connectivity index (χ2v) is 9.96. The Hall–Kier alpha value is -4.32. The number of carbonyl (C=O) groups excluding carboxylic acids is 1. The average molecular weight is 532 g/mol. The lowest BCUT2D eigenvalue weighted by Gasteiger charge is -2.23. The normalized spacial score (nSPS) is 14.2. The Morgan fingerprint density at radius 3 is 2.46 bits per heavy atom. The third-order valence-corrected chi connectivity index (χ3v) is 7.24. The third kappa shape index (κ3) is 5.46. The van der Waals surface area contributed by atoms with E-state index >= 15 is 0 Å². The van der Waals surface area contributed by atoms with Crippen LogP contribution in [0.2, 0.25) is 0 Å². The molecule has 1 aliphatic rings. The molecule has 0 radical (unpaired) electrons. The van der Waals surface area contributed by atoms with Crippen molar-refractivity contribution in [1.82, 2.24) is 14.5 Å². The summed E-state index contributed by atoms with van der Waals surface area (Å²) >= 11 is 0. The number of hydrogen-bond donors (Lipinski definition) is 2. The first kappa shape index (κ1) is 26.3. The van der Waals surface area contributed by atoms with Gasteiger partial charge in [-0.15, -0.1) is 0 Å². The predicted molar refractivity (Wildman–Crippen MR) is 145 cm³/mol. The summed E-state index contributed by atoms with van der Waals surface area (Å²) in [6, 6.07) is 9.08. The summed E-state index contributed by atoms with van der Waals surface area (Å²) < 4.78 is 42.0. The second-order valence-electron chi connectivity index (χ2n) is 9.96. The van der Waals surface area contributed by atoms with Crippen LogP contribution >= 0.6 is 0 Å². The van der Waals surface area contributed by atoms with E-state index in [1.165, 1.54) is 44.6 Å². The van der Waals surface area contributed by atoms with Gasteiger partial charge in [0.05, 0.1) is 16.5 Å². The lowest BCUT2D eigenvalue weighted by molar-refractivity contribution is -0.138. The van der Waals surface area contributed by atoms with Gasteiger partial charge < -0.3 is 15.6 Å². The molecule has 200 valence electrons. The molecule has 1 aliphatic carbocycles. The minimum absolute atomic E-state index is 0.0668. The molecule has 2 heterocycles. The number of nitrogens with one attached hydrogen (secondary N) is 1. The highest BCUT2D eigenvalue weighted by Gasteiger charge is 2.32. The third-order valence-electron chi connectivity index (χ3n) is 7.24. The van der Waals surface area contributed by atoms with Crippen molar-refractivity contribution in [3.8, 4) is 11.8 Å². The van der Waals surface area contributed by atoms with Crippen molar-refractivity contribution in [1.29, 1.82) is 0 Å². The van der Waals surface area contributed by atoms with Gasteiger partial charge in [-0.05, 0) is 62.1 Å². The molecule has 3 N–H and O–H groups in total. The molecule has 0 atom stereocenters. The quantitative estimate of drug-likeness (QED) is 0.285. The Morgan fingerprint density at radius 2 is 1.72 bits per heavy atom. The lowest BCUT2D eigenvalue weighted by Crippen LogP contribution is -2.14. The molecule has 0 saturated heterocycles. The van der Waals surface area contributed by atoms with E-state index in [1.807, 2.05) is 13.1 Å². The Bertz CT molecular complexity index is 1620. The highest BCUT2D eigenvalue weighted by Crippen LogP contribution is 2.35. The smallest absolute Gasteiger partial charge is 0.383 e. The predicted octanol–water partition coefficient (Wildman–Crippen LogP) is 6.81. The molecule has 0 spiro atoms. The number of fused-ring (bicyclic) bond motifs is 1. The number of anilines is 2. The number of hydrogen-bond acceptors (Lipinski definition) is 4. The van der Waals surface area contributed by atoms with Crippen LogP contribution in [0.15, 0.2) is 48.9 Å². The molecule has 6 nitrogen and oxygen atoms in total. The van der Waals surface area contributed by atoms with E-state index in [0.717, 1.165) is 30.1 Å². The maximum Gasteiger partial charge on any atom is 0.416 e. The molecule has 0 aliphatic heterocycles. The molecule has 1 fully saturated rings. The number of benzene rings is 2. The fourth-order valence-corrected chi connectivity index (χ4v) is 5.08. The molecule has 0 unspecified atom stereocenters. The van der Waals surface area contributed by atoms with Crippen molar-refractivity contribution in [2.75, 3.05) is 11.1 Å². The van der Waals surface area contributed by atoms with Gasteiger partial charge in [0.15, 0.2) is 0 Å². The zero-order chi connectivity index (χ0) is 27.7. The number of nitrogen functional groups attached to an aromatic ring is 1. The zero-order valence-corrected chi connectivity index (χ0v) is 21.7. The van der Waals surface area contributed by atoms with Crippen LogP contribution in [0.5, 0.6) is 0 Å². The summed E-state index contributed by atoms with van der Waals surface area (Å²) in [5.41, 5.74) is 8.83. The van der Waals surface area contributed by atoms with Crippen LogP contribution in [0.4, 0.5) is 24.7 Å². The number of amides is 1. The van der Waals surface area contributed by atoms with Crippen LogP contribution in [0.25, 0.3) is 11.0 Å². The number of aryl methyl sites for hydroxylation is 2. The molecule has 2 aromatic carbocycles. The molecule has 4 aromatic rings. The van der Waals surface area contributed by atoms with Crippen LogP contribution in [0.3, 0.4) is 0 Å². The fraction of sp³-hybridized carbons (Fsp3) is 0.300. The van der Waals surface area contributed by atoms with Crippen LogP contribution < -0.4 is 11.1 Å². The number of alkyl halides is 3. The Balaban J connectivity index is 1.45. The topological polar surface area (TPSA) is 85.8 Å². The van der Waals surface area contributed by atoms with Gasteiger partial charge in [0, 0.05) is 29.1 Å². The molecule has 9 heteroatoms. The molecular weight excluding hydrogens is 503 g/mol. The van der Waals surface area contributed by atoms with E-state index in [9.17, 15) is 18.0 Å². The highest BCUT2D eigenvalue weighted by molar-refractivity contribution is 6.04. The Labute approximate surface area is 224 Å². The van der Waals surface area contributed by atoms with Gasteiger partial charge in [0.2, 0.25) is 0 Å². The Morgan fingerprint density at radius 1 is 1.00 bits per heavy atom.